The third kappa shape index (κ3) is 4.16. The highest BCUT2D eigenvalue weighted by molar-refractivity contribution is 6.47. The molecule has 1 aliphatic heterocycles. The number of hydrogen-bond donors (Lipinski definition) is 2. The third-order valence-electron chi connectivity index (χ3n) is 5.81. The van der Waals surface area contributed by atoms with Gasteiger partial charge in [0.1, 0.15) is 5.69 Å². The number of aromatic nitrogens is 1. The quantitative estimate of drug-likeness (QED) is 0.243. The van der Waals surface area contributed by atoms with Crippen molar-refractivity contribution in [1.29, 1.82) is 0 Å². The van der Waals surface area contributed by atoms with E-state index in [1.807, 2.05) is 72.9 Å². The lowest BCUT2D eigenvalue weighted by molar-refractivity contribution is -0.112. The van der Waals surface area contributed by atoms with Crippen molar-refractivity contribution in [3.63, 3.8) is 0 Å². The average Bonchev–Trinajstić information content (AvgIpc) is 3.50. The summed E-state index contributed by atoms with van der Waals surface area (Å²) in [5, 5.41) is 2.75. The number of anilines is 2. The topological polar surface area (TPSA) is 75.1 Å². The maximum atomic E-state index is 13.3. The van der Waals surface area contributed by atoms with Gasteiger partial charge < -0.3 is 14.6 Å². The van der Waals surface area contributed by atoms with Crippen LogP contribution in [0.5, 0.6) is 0 Å². The van der Waals surface area contributed by atoms with Crippen molar-refractivity contribution in [2.24, 2.45) is 0 Å². The van der Waals surface area contributed by atoms with E-state index < -0.39 is 11.7 Å². The van der Waals surface area contributed by atoms with Crippen molar-refractivity contribution in [1.82, 2.24) is 9.88 Å². The van der Waals surface area contributed by atoms with Crippen LogP contribution in [0, 0.1) is 0 Å². The van der Waals surface area contributed by atoms with Gasteiger partial charge in [-0.15, -0.1) is 0 Å². The Hall–Kier alpha value is -4.36. The summed E-state index contributed by atoms with van der Waals surface area (Å²) in [6.07, 6.45) is 4.65. The summed E-state index contributed by atoms with van der Waals surface area (Å²) in [6.45, 7) is 0.833. The number of nitrogens with zero attached hydrogens (tertiary/aromatic N) is 2. The molecule has 5 rings (SSSR count). The lowest BCUT2D eigenvalue weighted by Crippen LogP contribution is -2.24. The molecule has 2 N–H and O–H groups in total. The van der Waals surface area contributed by atoms with Gasteiger partial charge in [0.15, 0.2) is 0 Å². The van der Waals surface area contributed by atoms with Gasteiger partial charge in [0.05, 0.1) is 12.8 Å². The molecule has 4 aromatic rings. The molecule has 7 heteroatoms. The van der Waals surface area contributed by atoms with E-state index in [1.54, 1.807) is 29.8 Å². The summed E-state index contributed by atoms with van der Waals surface area (Å²) in [6, 6.07) is 24.6. The first kappa shape index (κ1) is 21.5. The van der Waals surface area contributed by atoms with Crippen molar-refractivity contribution < 1.29 is 14.4 Å². The summed E-state index contributed by atoms with van der Waals surface area (Å²) in [7, 11) is 1.59. The standard InChI is InChI=1S/C27H24N4O3/c1-34-29-21-14-16-30(18-21)22-12-10-20(11-13-22)28-27(33)26(32)25-24(19-7-3-2-4-8-19)17-23-9-5-6-15-31(23)25/h2-13,15,17-18,29H,14,16H2,1H3,(H,28,33). The SMILES string of the molecule is CONC1=CN(c2ccc(NC(=O)C(=O)c3c(-c4ccccc4)cc4ccccn34)cc2)CC1. The Morgan fingerprint density at radius 3 is 2.47 bits per heavy atom. The van der Waals surface area contributed by atoms with Gasteiger partial charge in [-0.2, -0.15) is 0 Å². The van der Waals surface area contributed by atoms with Gasteiger partial charge in [-0.3, -0.25) is 19.9 Å². The van der Waals surface area contributed by atoms with Crippen molar-refractivity contribution in [2.45, 2.75) is 6.42 Å². The van der Waals surface area contributed by atoms with E-state index in [0.717, 1.165) is 41.0 Å². The van der Waals surface area contributed by atoms with Gasteiger partial charge in [0, 0.05) is 47.8 Å². The zero-order valence-electron chi connectivity index (χ0n) is 18.7. The number of amides is 1. The molecular formula is C27H24N4O3. The smallest absolute Gasteiger partial charge is 0.298 e. The number of carbonyl (C=O) groups is 2. The number of rotatable bonds is 7. The summed E-state index contributed by atoms with van der Waals surface area (Å²) < 4.78 is 1.76. The van der Waals surface area contributed by atoms with Gasteiger partial charge in [-0.25, -0.2) is 0 Å². The predicted molar refractivity (Wildman–Crippen MR) is 132 cm³/mol. The van der Waals surface area contributed by atoms with Crippen molar-refractivity contribution in [2.75, 3.05) is 23.9 Å². The first-order chi connectivity index (χ1) is 16.6. The Bertz CT molecular complexity index is 1370. The fourth-order valence-electron chi connectivity index (χ4n) is 4.19. The summed E-state index contributed by atoms with van der Waals surface area (Å²) >= 11 is 0. The van der Waals surface area contributed by atoms with Gasteiger partial charge in [-0.05, 0) is 48.0 Å². The average molecular weight is 453 g/mol. The van der Waals surface area contributed by atoms with E-state index in [0.29, 0.717) is 11.4 Å². The second kappa shape index (κ2) is 9.25. The maximum Gasteiger partial charge on any atom is 0.298 e. The zero-order chi connectivity index (χ0) is 23.5. The first-order valence-corrected chi connectivity index (χ1v) is 11.0. The second-order valence-electron chi connectivity index (χ2n) is 8.00. The van der Waals surface area contributed by atoms with Crippen molar-refractivity contribution >= 4 is 28.6 Å². The van der Waals surface area contributed by atoms with Crippen LogP contribution < -0.4 is 15.7 Å². The number of nitrogens with one attached hydrogen (secondary N) is 2. The molecule has 0 spiro atoms. The molecule has 1 aliphatic rings. The number of hydrogen-bond acceptors (Lipinski definition) is 5. The molecule has 0 radical (unpaired) electrons. The monoisotopic (exact) mass is 452 g/mol. The van der Waals surface area contributed by atoms with Crippen LogP contribution in [0.1, 0.15) is 16.9 Å². The number of carbonyl (C=O) groups excluding carboxylic acids is 2. The Kier molecular flexibility index (Phi) is 5.84. The fraction of sp³-hybridized carbons (Fsp3) is 0.111. The van der Waals surface area contributed by atoms with Crippen LogP contribution in [-0.2, 0) is 9.63 Å². The molecule has 0 bridgehead atoms. The molecule has 0 saturated carbocycles. The molecule has 1 amide bonds. The summed E-state index contributed by atoms with van der Waals surface area (Å²) in [5.41, 5.74) is 8.21. The molecule has 3 heterocycles. The number of benzene rings is 2. The van der Waals surface area contributed by atoms with Crippen molar-refractivity contribution in [3.8, 4) is 11.1 Å². The van der Waals surface area contributed by atoms with Crippen LogP contribution in [0.15, 0.2) is 97.0 Å². The number of pyridine rings is 1. The van der Waals surface area contributed by atoms with Crippen molar-refractivity contribution in [3.05, 3.63) is 103 Å². The molecule has 0 fully saturated rings. The molecule has 0 aliphatic carbocycles. The molecular weight excluding hydrogens is 428 g/mol. The molecule has 0 unspecified atom stereocenters. The van der Waals surface area contributed by atoms with E-state index in [4.69, 9.17) is 4.84 Å². The molecule has 34 heavy (non-hydrogen) atoms. The van der Waals surface area contributed by atoms with Gasteiger partial charge in [0.2, 0.25) is 0 Å². The number of ketones is 1. The van der Waals surface area contributed by atoms with Gasteiger partial charge in [-0.1, -0.05) is 36.4 Å². The minimum Gasteiger partial charge on any atom is -0.346 e. The molecule has 170 valence electrons. The largest absolute Gasteiger partial charge is 0.346 e. The van der Waals surface area contributed by atoms with Gasteiger partial charge in [0.25, 0.3) is 11.7 Å². The Morgan fingerprint density at radius 2 is 1.71 bits per heavy atom. The fourth-order valence-corrected chi connectivity index (χ4v) is 4.19. The van der Waals surface area contributed by atoms with Crippen LogP contribution in [0.25, 0.3) is 16.6 Å². The lowest BCUT2D eigenvalue weighted by atomic mass is 10.0. The molecule has 2 aromatic heterocycles. The van der Waals surface area contributed by atoms with Crippen LogP contribution >= 0.6 is 0 Å². The van der Waals surface area contributed by atoms with Crippen LogP contribution in [0.4, 0.5) is 11.4 Å². The Balaban J connectivity index is 1.38. The van der Waals surface area contributed by atoms with Gasteiger partial charge >= 0.3 is 0 Å². The molecule has 7 nitrogen and oxygen atoms in total. The lowest BCUT2D eigenvalue weighted by Gasteiger charge is -2.15. The highest BCUT2D eigenvalue weighted by Crippen LogP contribution is 2.29. The van der Waals surface area contributed by atoms with E-state index >= 15 is 0 Å². The van der Waals surface area contributed by atoms with Crippen LogP contribution in [0.2, 0.25) is 0 Å². The van der Waals surface area contributed by atoms with E-state index in [2.05, 4.69) is 15.7 Å². The number of Topliss-reactive ketones (excluding diaryl/α,β-unsaturated/α-hetero) is 1. The van der Waals surface area contributed by atoms with E-state index in [1.165, 1.54) is 0 Å². The predicted octanol–water partition coefficient (Wildman–Crippen LogP) is 4.63. The number of hydroxylamine groups is 1. The Labute approximate surface area is 197 Å². The van der Waals surface area contributed by atoms with Crippen LogP contribution in [0.3, 0.4) is 0 Å². The summed E-state index contributed by atoms with van der Waals surface area (Å²) in [4.78, 5) is 33.4. The highest BCUT2D eigenvalue weighted by Gasteiger charge is 2.25. The first-order valence-electron chi connectivity index (χ1n) is 11.0. The zero-order valence-corrected chi connectivity index (χ0v) is 18.7. The number of fused-ring (bicyclic) bond motifs is 1. The third-order valence-corrected chi connectivity index (χ3v) is 5.81. The second-order valence-corrected chi connectivity index (χ2v) is 8.00. The molecule has 0 atom stereocenters. The Morgan fingerprint density at radius 1 is 0.941 bits per heavy atom. The minimum atomic E-state index is -0.679. The van der Waals surface area contributed by atoms with E-state index in [-0.39, 0.29) is 0 Å². The minimum absolute atomic E-state index is 0.344. The van der Waals surface area contributed by atoms with E-state index in [9.17, 15) is 9.59 Å². The normalized spacial score (nSPS) is 13.1. The molecule has 0 saturated heterocycles. The van der Waals surface area contributed by atoms with Crippen LogP contribution in [-0.4, -0.2) is 29.7 Å². The maximum absolute atomic E-state index is 13.3. The summed E-state index contributed by atoms with van der Waals surface area (Å²) in [5.74, 6) is -1.27. The highest BCUT2D eigenvalue weighted by atomic mass is 16.6. The molecule has 2 aromatic carbocycles.